The van der Waals surface area contributed by atoms with Crippen molar-refractivity contribution in [2.24, 2.45) is 0 Å². The lowest BCUT2D eigenvalue weighted by Gasteiger charge is -2.16. The number of carbonyl (C=O) groups is 1. The molecule has 0 spiro atoms. The number of amides is 1. The Labute approximate surface area is 150 Å². The van der Waals surface area contributed by atoms with Crippen LogP contribution in [0.15, 0.2) is 47.3 Å². The first kappa shape index (κ1) is 16.4. The second kappa shape index (κ2) is 6.37. The first-order valence-corrected chi connectivity index (χ1v) is 8.80. The molecule has 2 aromatic heterocycles. The van der Waals surface area contributed by atoms with Crippen LogP contribution in [-0.2, 0) is 4.79 Å². The molecule has 0 aliphatic heterocycles. The highest BCUT2D eigenvalue weighted by Gasteiger charge is 2.27. The highest BCUT2D eigenvalue weighted by molar-refractivity contribution is 6.02. The summed E-state index contributed by atoms with van der Waals surface area (Å²) in [5.41, 5.74) is 2.94. The number of nitrogens with one attached hydrogen (secondary N) is 1. The molecule has 1 N–H and O–H groups in total. The minimum atomic E-state index is -0.701. The van der Waals surface area contributed by atoms with E-state index < -0.39 is 6.04 Å². The van der Waals surface area contributed by atoms with E-state index in [1.807, 2.05) is 37.3 Å². The molecule has 1 fully saturated rings. The summed E-state index contributed by atoms with van der Waals surface area (Å²) < 4.78 is 1.28. The predicted octanol–water partition coefficient (Wildman–Crippen LogP) is 3.18. The smallest absolute Gasteiger partial charge is 0.267 e. The van der Waals surface area contributed by atoms with Crippen LogP contribution >= 0.6 is 0 Å². The van der Waals surface area contributed by atoms with Crippen molar-refractivity contribution in [3.05, 3.63) is 64.2 Å². The van der Waals surface area contributed by atoms with E-state index in [0.29, 0.717) is 11.6 Å². The Morgan fingerprint density at radius 1 is 1.23 bits per heavy atom. The minimum absolute atomic E-state index is 0.271. The number of aromatic nitrogens is 3. The van der Waals surface area contributed by atoms with Gasteiger partial charge in [-0.3, -0.25) is 14.6 Å². The van der Waals surface area contributed by atoms with Gasteiger partial charge in [0.2, 0.25) is 5.91 Å². The van der Waals surface area contributed by atoms with Crippen molar-refractivity contribution in [2.75, 3.05) is 5.32 Å². The van der Waals surface area contributed by atoms with Crippen LogP contribution in [0.2, 0.25) is 0 Å². The van der Waals surface area contributed by atoms with Crippen LogP contribution in [0, 0.1) is 6.92 Å². The molecular formula is C20H20N4O2. The van der Waals surface area contributed by atoms with Crippen LogP contribution in [-0.4, -0.2) is 20.7 Å². The van der Waals surface area contributed by atoms with Gasteiger partial charge in [-0.1, -0.05) is 18.2 Å². The van der Waals surface area contributed by atoms with E-state index in [2.05, 4.69) is 15.4 Å². The van der Waals surface area contributed by atoms with Crippen LogP contribution in [0.25, 0.3) is 10.9 Å². The number of benzene rings is 1. The maximum atomic E-state index is 12.8. The molecule has 132 valence electrons. The normalized spacial score (nSPS) is 15.0. The SMILES string of the molecule is Cc1cc(NC(=O)C(C)n2nc(C3CC3)ccc2=O)c2ccccc2n1. The number of fused-ring (bicyclic) bond motifs is 1. The molecule has 2 heterocycles. The van der Waals surface area contributed by atoms with Gasteiger partial charge in [0.15, 0.2) is 0 Å². The van der Waals surface area contributed by atoms with Crippen LogP contribution in [0.1, 0.15) is 43.1 Å². The van der Waals surface area contributed by atoms with Crippen molar-refractivity contribution >= 4 is 22.5 Å². The summed E-state index contributed by atoms with van der Waals surface area (Å²) in [5, 5.41) is 8.21. The quantitative estimate of drug-likeness (QED) is 0.785. The van der Waals surface area contributed by atoms with Gasteiger partial charge in [0, 0.05) is 23.1 Å². The van der Waals surface area contributed by atoms with Crippen LogP contribution in [0.5, 0.6) is 0 Å². The molecule has 1 aromatic carbocycles. The zero-order valence-electron chi connectivity index (χ0n) is 14.8. The van der Waals surface area contributed by atoms with Crippen molar-refractivity contribution in [1.82, 2.24) is 14.8 Å². The van der Waals surface area contributed by atoms with Crippen molar-refractivity contribution in [2.45, 2.75) is 38.6 Å². The lowest BCUT2D eigenvalue weighted by atomic mass is 10.1. The zero-order valence-corrected chi connectivity index (χ0v) is 14.8. The minimum Gasteiger partial charge on any atom is -0.324 e. The van der Waals surface area contributed by atoms with E-state index in [1.54, 1.807) is 13.0 Å². The largest absolute Gasteiger partial charge is 0.324 e. The highest BCUT2D eigenvalue weighted by Crippen LogP contribution is 2.38. The van der Waals surface area contributed by atoms with Crippen LogP contribution in [0.4, 0.5) is 5.69 Å². The fourth-order valence-electron chi connectivity index (χ4n) is 3.07. The van der Waals surface area contributed by atoms with Gasteiger partial charge >= 0.3 is 0 Å². The molecule has 3 aromatic rings. The molecule has 1 amide bonds. The second-order valence-electron chi connectivity index (χ2n) is 6.81. The first-order valence-electron chi connectivity index (χ1n) is 8.80. The van der Waals surface area contributed by atoms with Gasteiger partial charge in [0.25, 0.3) is 5.56 Å². The van der Waals surface area contributed by atoms with Crippen molar-refractivity contribution < 1.29 is 4.79 Å². The second-order valence-corrected chi connectivity index (χ2v) is 6.81. The number of para-hydroxylation sites is 1. The average molecular weight is 348 g/mol. The molecule has 0 bridgehead atoms. The zero-order chi connectivity index (χ0) is 18.3. The predicted molar refractivity (Wildman–Crippen MR) is 100 cm³/mol. The molecule has 0 radical (unpaired) electrons. The Kier molecular flexibility index (Phi) is 4.03. The third-order valence-electron chi connectivity index (χ3n) is 4.69. The Hall–Kier alpha value is -3.02. The lowest BCUT2D eigenvalue weighted by Crippen LogP contribution is -2.33. The summed E-state index contributed by atoms with van der Waals surface area (Å²) in [6.45, 7) is 3.58. The van der Waals surface area contributed by atoms with Crippen molar-refractivity contribution in [3.8, 4) is 0 Å². The van der Waals surface area contributed by atoms with Crippen LogP contribution in [0.3, 0.4) is 0 Å². The fraction of sp³-hybridized carbons (Fsp3) is 0.300. The third kappa shape index (κ3) is 3.10. The molecule has 1 aliphatic rings. The number of hydrogen-bond donors (Lipinski definition) is 1. The fourth-order valence-corrected chi connectivity index (χ4v) is 3.07. The molecule has 1 unspecified atom stereocenters. The maximum absolute atomic E-state index is 12.8. The Balaban J connectivity index is 1.65. The summed E-state index contributed by atoms with van der Waals surface area (Å²) in [6, 6.07) is 12.0. The van der Waals surface area contributed by atoms with Gasteiger partial charge in [-0.15, -0.1) is 0 Å². The summed E-state index contributed by atoms with van der Waals surface area (Å²) in [5.74, 6) is 0.146. The van der Waals surface area contributed by atoms with E-state index in [4.69, 9.17) is 0 Å². The van der Waals surface area contributed by atoms with Crippen molar-refractivity contribution in [1.29, 1.82) is 0 Å². The number of nitrogens with zero attached hydrogens (tertiary/aromatic N) is 3. The number of aryl methyl sites for hydroxylation is 1. The van der Waals surface area contributed by atoms with Gasteiger partial charge in [-0.2, -0.15) is 5.10 Å². The molecule has 0 saturated heterocycles. The highest BCUT2D eigenvalue weighted by atomic mass is 16.2. The Bertz CT molecular complexity index is 1050. The molecule has 26 heavy (non-hydrogen) atoms. The summed E-state index contributed by atoms with van der Waals surface area (Å²) in [4.78, 5) is 29.5. The lowest BCUT2D eigenvalue weighted by molar-refractivity contribution is -0.119. The van der Waals surface area contributed by atoms with E-state index in [-0.39, 0.29) is 11.5 Å². The number of anilines is 1. The van der Waals surface area contributed by atoms with E-state index in [9.17, 15) is 9.59 Å². The summed E-state index contributed by atoms with van der Waals surface area (Å²) >= 11 is 0. The monoisotopic (exact) mass is 348 g/mol. The topological polar surface area (TPSA) is 76.9 Å². The Morgan fingerprint density at radius 3 is 2.77 bits per heavy atom. The first-order chi connectivity index (χ1) is 12.5. The number of pyridine rings is 1. The van der Waals surface area contributed by atoms with Gasteiger partial charge in [0.1, 0.15) is 6.04 Å². The number of hydrogen-bond acceptors (Lipinski definition) is 4. The molecular weight excluding hydrogens is 328 g/mol. The molecule has 1 saturated carbocycles. The van der Waals surface area contributed by atoms with Gasteiger partial charge in [-0.25, -0.2) is 4.68 Å². The summed E-state index contributed by atoms with van der Waals surface area (Å²) in [6.07, 6.45) is 2.18. The van der Waals surface area contributed by atoms with Crippen LogP contribution < -0.4 is 10.9 Å². The van der Waals surface area contributed by atoms with E-state index in [0.717, 1.165) is 35.1 Å². The molecule has 4 rings (SSSR count). The van der Waals surface area contributed by atoms with Crippen molar-refractivity contribution in [3.63, 3.8) is 0 Å². The molecule has 6 heteroatoms. The molecule has 1 atom stereocenters. The average Bonchev–Trinajstić information content (AvgIpc) is 3.46. The molecule has 6 nitrogen and oxygen atoms in total. The van der Waals surface area contributed by atoms with Gasteiger partial charge in [-0.05, 0) is 44.9 Å². The van der Waals surface area contributed by atoms with E-state index in [1.165, 1.54) is 10.7 Å². The van der Waals surface area contributed by atoms with Gasteiger partial charge in [0.05, 0.1) is 16.9 Å². The van der Waals surface area contributed by atoms with E-state index >= 15 is 0 Å². The number of carbonyl (C=O) groups excluding carboxylic acids is 1. The standard InChI is InChI=1S/C20H20N4O2/c1-12-11-18(15-5-3-4-6-17(15)21-12)22-20(26)13(2)24-19(25)10-9-16(23-24)14-7-8-14/h3-6,9-11,13-14H,7-8H2,1-2H3,(H,21,22,26). The Morgan fingerprint density at radius 2 is 2.00 bits per heavy atom. The summed E-state index contributed by atoms with van der Waals surface area (Å²) in [7, 11) is 0. The third-order valence-corrected chi connectivity index (χ3v) is 4.69. The molecule has 1 aliphatic carbocycles. The van der Waals surface area contributed by atoms with Gasteiger partial charge < -0.3 is 5.32 Å². The maximum Gasteiger partial charge on any atom is 0.267 e. The number of rotatable bonds is 4.